The molecule has 0 bridgehead atoms. The van der Waals surface area contributed by atoms with Crippen molar-refractivity contribution in [2.75, 3.05) is 19.3 Å². The number of aromatic nitrogens is 1. The van der Waals surface area contributed by atoms with E-state index in [0.717, 1.165) is 11.3 Å². The molecule has 8 nitrogen and oxygen atoms in total. The summed E-state index contributed by atoms with van der Waals surface area (Å²) in [4.78, 5) is 20.0. The van der Waals surface area contributed by atoms with Gasteiger partial charge in [0.1, 0.15) is 12.8 Å². The number of nitrogens with zero attached hydrogens (tertiary/aromatic N) is 2. The zero-order valence-corrected chi connectivity index (χ0v) is 9.77. The van der Waals surface area contributed by atoms with E-state index in [0.29, 0.717) is 5.13 Å². The number of hydrogen-bond acceptors (Lipinski definition) is 8. The second-order valence-corrected chi connectivity index (χ2v) is 3.77. The van der Waals surface area contributed by atoms with Crippen LogP contribution in [0.5, 0.6) is 0 Å². The number of oxime groups is 1. The molecule has 1 heterocycles. The molecule has 0 spiro atoms. The molecule has 1 rings (SSSR count). The Labute approximate surface area is 101 Å². The van der Waals surface area contributed by atoms with Crippen molar-refractivity contribution in [2.24, 2.45) is 5.16 Å². The van der Waals surface area contributed by atoms with Gasteiger partial charge >= 0.3 is 7.12 Å². The number of nitrogens with two attached hydrogens (primary N) is 1. The molecule has 0 atom stereocenters. The van der Waals surface area contributed by atoms with Crippen LogP contribution in [0.4, 0.5) is 5.13 Å². The first-order valence-electron chi connectivity index (χ1n) is 4.51. The third-order valence-electron chi connectivity index (χ3n) is 1.61. The van der Waals surface area contributed by atoms with Crippen molar-refractivity contribution in [1.29, 1.82) is 0 Å². The Hall–Kier alpha value is -1.65. The first-order valence-corrected chi connectivity index (χ1v) is 5.39. The fraction of sp³-hybridized carbons (Fsp3) is 0.286. The number of rotatable bonds is 5. The van der Waals surface area contributed by atoms with Gasteiger partial charge in [0.25, 0.3) is 5.91 Å². The third kappa shape index (κ3) is 4.02. The van der Waals surface area contributed by atoms with Gasteiger partial charge in [-0.1, -0.05) is 5.16 Å². The van der Waals surface area contributed by atoms with E-state index in [1.165, 1.54) is 7.11 Å². The van der Waals surface area contributed by atoms with Crippen molar-refractivity contribution in [2.45, 2.75) is 0 Å². The Balaban J connectivity index is 2.80. The van der Waals surface area contributed by atoms with Crippen LogP contribution in [-0.2, 0) is 9.63 Å². The SMILES string of the molecule is CON=C(C(=O)NCB(O)O)c1csc(N)n1. The highest BCUT2D eigenvalue weighted by Crippen LogP contribution is 2.12. The molecule has 0 unspecified atom stereocenters. The van der Waals surface area contributed by atoms with Gasteiger partial charge < -0.3 is 25.9 Å². The summed E-state index contributed by atoms with van der Waals surface area (Å²) in [5, 5.41) is 24.8. The molecule has 1 amide bonds. The van der Waals surface area contributed by atoms with Gasteiger partial charge in [-0.2, -0.15) is 0 Å². The average Bonchev–Trinajstić information content (AvgIpc) is 2.69. The van der Waals surface area contributed by atoms with Crippen LogP contribution in [0, 0.1) is 0 Å². The second-order valence-electron chi connectivity index (χ2n) is 2.88. The Morgan fingerprint density at radius 2 is 2.47 bits per heavy atom. The summed E-state index contributed by atoms with van der Waals surface area (Å²) in [6.07, 6.45) is -0.318. The fourth-order valence-corrected chi connectivity index (χ4v) is 1.51. The van der Waals surface area contributed by atoms with Crippen LogP contribution in [0.2, 0.25) is 0 Å². The molecular weight excluding hydrogens is 247 g/mol. The maximum absolute atomic E-state index is 11.6. The van der Waals surface area contributed by atoms with Crippen LogP contribution >= 0.6 is 11.3 Å². The molecule has 0 aliphatic rings. The lowest BCUT2D eigenvalue weighted by Crippen LogP contribution is -2.39. The number of hydrogen-bond donors (Lipinski definition) is 4. The summed E-state index contributed by atoms with van der Waals surface area (Å²) in [5.41, 5.74) is 5.62. The molecule has 5 N–H and O–H groups in total. The van der Waals surface area contributed by atoms with Crippen LogP contribution < -0.4 is 11.1 Å². The molecule has 10 heteroatoms. The van der Waals surface area contributed by atoms with Gasteiger partial charge in [-0.15, -0.1) is 11.3 Å². The summed E-state index contributed by atoms with van der Waals surface area (Å²) < 4.78 is 0. The molecule has 0 saturated heterocycles. The van der Waals surface area contributed by atoms with Gasteiger partial charge in [0, 0.05) is 5.38 Å². The van der Waals surface area contributed by atoms with Crippen LogP contribution in [0.15, 0.2) is 10.5 Å². The van der Waals surface area contributed by atoms with Gasteiger partial charge in [0.05, 0.1) is 6.44 Å². The third-order valence-corrected chi connectivity index (χ3v) is 2.28. The average molecular weight is 258 g/mol. The second kappa shape index (κ2) is 6.18. The number of anilines is 1. The van der Waals surface area contributed by atoms with Crippen molar-refractivity contribution < 1.29 is 19.7 Å². The first-order chi connectivity index (χ1) is 8.04. The predicted molar refractivity (Wildman–Crippen MR) is 63.3 cm³/mol. The van der Waals surface area contributed by atoms with Crippen molar-refractivity contribution in [3.05, 3.63) is 11.1 Å². The number of amides is 1. The summed E-state index contributed by atoms with van der Waals surface area (Å²) in [5.74, 6) is -0.634. The maximum Gasteiger partial charge on any atom is 0.472 e. The van der Waals surface area contributed by atoms with Crippen LogP contribution in [0.25, 0.3) is 0 Å². The molecule has 92 valence electrons. The Bertz CT molecular complexity index is 422. The van der Waals surface area contributed by atoms with E-state index in [9.17, 15) is 4.79 Å². The van der Waals surface area contributed by atoms with Gasteiger partial charge in [-0.3, -0.25) is 4.79 Å². The van der Waals surface area contributed by atoms with Gasteiger partial charge in [-0.05, 0) is 0 Å². The molecular formula is C7H11BN4O4S. The van der Waals surface area contributed by atoms with Crippen LogP contribution in [-0.4, -0.2) is 47.3 Å². The normalized spacial score (nSPS) is 11.1. The van der Waals surface area contributed by atoms with Crippen molar-refractivity contribution in [3.8, 4) is 0 Å². The van der Waals surface area contributed by atoms with E-state index < -0.39 is 13.0 Å². The summed E-state index contributed by atoms with van der Waals surface area (Å²) in [7, 11) is -0.354. The highest BCUT2D eigenvalue weighted by Gasteiger charge is 2.19. The monoisotopic (exact) mass is 258 g/mol. The minimum Gasteiger partial charge on any atom is -0.426 e. The lowest BCUT2D eigenvalue weighted by molar-refractivity contribution is -0.114. The summed E-state index contributed by atoms with van der Waals surface area (Å²) in [6, 6.07) is 0. The van der Waals surface area contributed by atoms with E-state index in [4.69, 9.17) is 15.8 Å². The zero-order chi connectivity index (χ0) is 12.8. The molecule has 17 heavy (non-hydrogen) atoms. The Morgan fingerprint density at radius 1 is 1.76 bits per heavy atom. The van der Waals surface area contributed by atoms with Crippen molar-refractivity contribution in [1.82, 2.24) is 10.3 Å². The molecule has 1 aromatic heterocycles. The van der Waals surface area contributed by atoms with E-state index in [1.54, 1.807) is 5.38 Å². The highest BCUT2D eigenvalue weighted by molar-refractivity contribution is 7.13. The number of nitrogens with one attached hydrogen (secondary N) is 1. The molecule has 1 aromatic rings. The number of thiazole rings is 1. The van der Waals surface area contributed by atoms with Gasteiger partial charge in [0.15, 0.2) is 10.8 Å². The van der Waals surface area contributed by atoms with Crippen molar-refractivity contribution >= 4 is 35.2 Å². The minimum absolute atomic E-state index is 0.0823. The lowest BCUT2D eigenvalue weighted by Gasteiger charge is -2.04. The first kappa shape index (κ1) is 13.4. The Morgan fingerprint density at radius 3 is 2.94 bits per heavy atom. The van der Waals surface area contributed by atoms with Gasteiger partial charge in [-0.25, -0.2) is 4.98 Å². The minimum atomic E-state index is -1.64. The molecule has 0 saturated carbocycles. The zero-order valence-electron chi connectivity index (χ0n) is 8.95. The summed E-state index contributed by atoms with van der Waals surface area (Å²) in [6.45, 7) is 0. The molecule has 0 radical (unpaired) electrons. The highest BCUT2D eigenvalue weighted by atomic mass is 32.1. The number of carbonyl (C=O) groups is 1. The van der Waals surface area contributed by atoms with Crippen molar-refractivity contribution in [3.63, 3.8) is 0 Å². The molecule has 0 aliphatic heterocycles. The molecule has 0 aromatic carbocycles. The maximum atomic E-state index is 11.6. The van der Waals surface area contributed by atoms with Gasteiger partial charge in [0.2, 0.25) is 0 Å². The number of carbonyl (C=O) groups excluding carboxylic acids is 1. The number of nitrogen functional groups attached to an aromatic ring is 1. The fourth-order valence-electron chi connectivity index (χ4n) is 0.960. The Kier molecular flexibility index (Phi) is 4.88. The molecule has 0 aliphatic carbocycles. The van der Waals surface area contributed by atoms with E-state index >= 15 is 0 Å². The smallest absolute Gasteiger partial charge is 0.426 e. The quantitative estimate of drug-likeness (QED) is 0.280. The van der Waals surface area contributed by atoms with E-state index in [1.807, 2.05) is 0 Å². The van der Waals surface area contributed by atoms with E-state index in [2.05, 4.69) is 20.3 Å². The summed E-state index contributed by atoms with van der Waals surface area (Å²) >= 11 is 1.15. The predicted octanol–water partition coefficient (Wildman–Crippen LogP) is -1.80. The largest absolute Gasteiger partial charge is 0.472 e. The van der Waals surface area contributed by atoms with Crippen LogP contribution in [0.3, 0.4) is 0 Å². The standard InChI is InChI=1S/C7H11BN4O4S/c1-16-12-5(4-2-17-7(9)11-4)6(13)10-3-8(14)15/h2,14-15H,3H2,1H3,(H2,9,11)(H,10,13). The lowest BCUT2D eigenvalue weighted by atomic mass is 9.92. The van der Waals surface area contributed by atoms with E-state index in [-0.39, 0.29) is 17.8 Å². The van der Waals surface area contributed by atoms with Crippen LogP contribution in [0.1, 0.15) is 5.69 Å². The molecule has 0 fully saturated rings. The topological polar surface area (TPSA) is 130 Å².